The molecule has 0 aliphatic carbocycles. The van der Waals surface area contributed by atoms with Crippen LogP contribution in [-0.2, 0) is 9.59 Å². The van der Waals surface area contributed by atoms with Crippen LogP contribution in [0.25, 0.3) is 6.08 Å². The fourth-order valence-electron chi connectivity index (χ4n) is 1.21. The zero-order valence-corrected chi connectivity index (χ0v) is 12.3. The zero-order valence-electron chi connectivity index (χ0n) is 12.3. The predicted octanol–water partition coefficient (Wildman–Crippen LogP) is 3.04. The van der Waals surface area contributed by atoms with E-state index < -0.39 is 5.97 Å². The van der Waals surface area contributed by atoms with E-state index >= 15 is 0 Å². The van der Waals surface area contributed by atoms with Crippen molar-refractivity contribution in [1.29, 1.82) is 0 Å². The van der Waals surface area contributed by atoms with Gasteiger partial charge in [0.05, 0.1) is 0 Å². The van der Waals surface area contributed by atoms with E-state index in [-0.39, 0.29) is 11.9 Å². The van der Waals surface area contributed by atoms with E-state index in [4.69, 9.17) is 5.11 Å². The topological polar surface area (TPSA) is 66.4 Å². The SMILES string of the molecule is C=CC(=O)NC(C)C.O=C(O)C=CC=Cc1ccccc1. The minimum Gasteiger partial charge on any atom is -0.478 e. The maximum Gasteiger partial charge on any atom is 0.328 e. The summed E-state index contributed by atoms with van der Waals surface area (Å²) in [7, 11) is 0. The maximum absolute atomic E-state index is 10.4. The number of carboxylic acids is 1. The number of rotatable bonds is 5. The summed E-state index contributed by atoms with van der Waals surface area (Å²) in [6.45, 7) is 7.11. The number of amides is 1. The molecule has 0 saturated carbocycles. The van der Waals surface area contributed by atoms with Gasteiger partial charge in [-0.15, -0.1) is 0 Å². The Hall–Kier alpha value is -2.62. The van der Waals surface area contributed by atoms with Crippen LogP contribution in [0, 0.1) is 0 Å². The lowest BCUT2D eigenvalue weighted by molar-refractivity contribution is -0.131. The van der Waals surface area contributed by atoms with Gasteiger partial charge in [0.2, 0.25) is 5.91 Å². The molecule has 0 fully saturated rings. The van der Waals surface area contributed by atoms with E-state index in [0.29, 0.717) is 0 Å². The van der Waals surface area contributed by atoms with Gasteiger partial charge < -0.3 is 10.4 Å². The Kier molecular flexibility index (Phi) is 9.83. The van der Waals surface area contributed by atoms with Crippen molar-refractivity contribution in [1.82, 2.24) is 5.32 Å². The molecule has 1 aromatic rings. The van der Waals surface area contributed by atoms with Gasteiger partial charge in [-0.1, -0.05) is 55.1 Å². The second-order valence-corrected chi connectivity index (χ2v) is 4.33. The van der Waals surface area contributed by atoms with Crippen LogP contribution in [0.4, 0.5) is 0 Å². The number of hydrogen-bond acceptors (Lipinski definition) is 2. The summed E-state index contributed by atoms with van der Waals surface area (Å²) in [6, 6.07) is 9.91. The third-order valence-electron chi connectivity index (χ3n) is 2.05. The van der Waals surface area contributed by atoms with Crippen molar-refractivity contribution in [3.63, 3.8) is 0 Å². The van der Waals surface area contributed by atoms with Crippen molar-refractivity contribution in [2.45, 2.75) is 19.9 Å². The Bertz CT molecular complexity index is 502. The maximum atomic E-state index is 10.4. The lowest BCUT2D eigenvalue weighted by Crippen LogP contribution is -2.27. The second-order valence-electron chi connectivity index (χ2n) is 4.33. The second kappa shape index (κ2) is 11.2. The molecule has 0 heterocycles. The first kappa shape index (κ1) is 18.4. The number of nitrogens with one attached hydrogen (secondary N) is 1. The molecule has 0 spiro atoms. The molecular weight excluding hydrogens is 266 g/mol. The van der Waals surface area contributed by atoms with Crippen LogP contribution >= 0.6 is 0 Å². The Morgan fingerprint density at radius 2 is 1.81 bits per heavy atom. The summed E-state index contributed by atoms with van der Waals surface area (Å²) in [6.07, 6.45) is 7.40. The van der Waals surface area contributed by atoms with Crippen molar-refractivity contribution in [3.8, 4) is 0 Å². The highest BCUT2D eigenvalue weighted by Crippen LogP contribution is 2.00. The average Bonchev–Trinajstić information content (AvgIpc) is 2.44. The van der Waals surface area contributed by atoms with Gasteiger partial charge >= 0.3 is 5.97 Å². The van der Waals surface area contributed by atoms with Crippen molar-refractivity contribution in [3.05, 3.63) is 66.8 Å². The predicted molar refractivity (Wildman–Crippen MR) is 85.7 cm³/mol. The molecule has 4 heteroatoms. The van der Waals surface area contributed by atoms with Crippen LogP contribution in [-0.4, -0.2) is 23.0 Å². The molecule has 0 unspecified atom stereocenters. The lowest BCUT2D eigenvalue weighted by atomic mass is 10.2. The van der Waals surface area contributed by atoms with Gasteiger partial charge in [0, 0.05) is 12.1 Å². The molecule has 112 valence electrons. The molecule has 2 N–H and O–H groups in total. The smallest absolute Gasteiger partial charge is 0.328 e. The fourth-order valence-corrected chi connectivity index (χ4v) is 1.21. The molecule has 0 bridgehead atoms. The minimum absolute atomic E-state index is 0.111. The summed E-state index contributed by atoms with van der Waals surface area (Å²) in [5, 5.41) is 10.9. The standard InChI is InChI=1S/C11H10O2.C6H11NO/c12-11(13)9-5-4-8-10-6-2-1-3-7-10;1-4-6(8)7-5(2)3/h1-9H,(H,12,13);4-5H,1H2,2-3H3,(H,7,8). The van der Waals surface area contributed by atoms with Gasteiger partial charge in [-0.2, -0.15) is 0 Å². The summed E-state index contributed by atoms with van der Waals surface area (Å²) >= 11 is 0. The molecule has 0 aliphatic rings. The Balaban J connectivity index is 0.000000433. The van der Waals surface area contributed by atoms with Crippen LogP contribution in [0.3, 0.4) is 0 Å². The summed E-state index contributed by atoms with van der Waals surface area (Å²) in [4.78, 5) is 20.5. The molecule has 0 atom stereocenters. The number of carboxylic acid groups (broad SMARTS) is 1. The van der Waals surface area contributed by atoms with Crippen molar-refractivity contribution in [2.75, 3.05) is 0 Å². The van der Waals surface area contributed by atoms with E-state index in [9.17, 15) is 9.59 Å². The molecule has 21 heavy (non-hydrogen) atoms. The number of carbonyl (C=O) groups excluding carboxylic acids is 1. The third kappa shape index (κ3) is 12.2. The average molecular weight is 287 g/mol. The van der Waals surface area contributed by atoms with E-state index in [2.05, 4.69) is 11.9 Å². The van der Waals surface area contributed by atoms with Gasteiger partial charge in [-0.25, -0.2) is 4.79 Å². The van der Waals surface area contributed by atoms with E-state index in [0.717, 1.165) is 11.6 Å². The number of allylic oxidation sites excluding steroid dienone is 2. The van der Waals surface area contributed by atoms with Crippen LogP contribution in [0.1, 0.15) is 19.4 Å². The van der Waals surface area contributed by atoms with Crippen LogP contribution in [0.2, 0.25) is 0 Å². The van der Waals surface area contributed by atoms with Gasteiger partial charge in [-0.3, -0.25) is 4.79 Å². The van der Waals surface area contributed by atoms with Gasteiger partial charge in [0.1, 0.15) is 0 Å². The summed E-state index contributed by atoms with van der Waals surface area (Å²) in [5.74, 6) is -1.04. The Morgan fingerprint density at radius 3 is 2.24 bits per heavy atom. The van der Waals surface area contributed by atoms with E-state index in [1.807, 2.05) is 50.3 Å². The number of hydrogen-bond donors (Lipinski definition) is 2. The zero-order chi connectivity index (χ0) is 16.1. The largest absolute Gasteiger partial charge is 0.478 e. The molecule has 0 saturated heterocycles. The van der Waals surface area contributed by atoms with Crippen LogP contribution < -0.4 is 5.32 Å². The highest BCUT2D eigenvalue weighted by Gasteiger charge is 1.93. The summed E-state index contributed by atoms with van der Waals surface area (Å²) < 4.78 is 0. The van der Waals surface area contributed by atoms with E-state index in [1.165, 1.54) is 12.2 Å². The number of benzene rings is 1. The molecule has 4 nitrogen and oxygen atoms in total. The van der Waals surface area contributed by atoms with Crippen LogP contribution in [0.5, 0.6) is 0 Å². The summed E-state index contributed by atoms with van der Waals surface area (Å²) in [5.41, 5.74) is 1.05. The molecule has 0 aliphatic heterocycles. The number of carbonyl (C=O) groups is 2. The molecule has 0 radical (unpaired) electrons. The highest BCUT2D eigenvalue weighted by molar-refractivity contribution is 5.86. The first-order chi connectivity index (χ1) is 9.95. The highest BCUT2D eigenvalue weighted by atomic mass is 16.4. The molecule has 0 aromatic heterocycles. The van der Waals surface area contributed by atoms with Crippen molar-refractivity contribution in [2.24, 2.45) is 0 Å². The first-order valence-corrected chi connectivity index (χ1v) is 6.51. The number of aliphatic carboxylic acids is 1. The van der Waals surface area contributed by atoms with Gasteiger partial charge in [0.25, 0.3) is 0 Å². The molecule has 1 aromatic carbocycles. The van der Waals surface area contributed by atoms with Crippen molar-refractivity contribution < 1.29 is 14.7 Å². The van der Waals surface area contributed by atoms with Crippen molar-refractivity contribution >= 4 is 18.0 Å². The molecule has 1 rings (SSSR count). The molecule has 1 amide bonds. The Morgan fingerprint density at radius 1 is 1.19 bits per heavy atom. The monoisotopic (exact) mass is 287 g/mol. The third-order valence-corrected chi connectivity index (χ3v) is 2.05. The first-order valence-electron chi connectivity index (χ1n) is 6.51. The normalized spacial score (nSPS) is 10.2. The van der Waals surface area contributed by atoms with Gasteiger partial charge in [-0.05, 0) is 25.5 Å². The minimum atomic E-state index is -0.933. The quantitative estimate of drug-likeness (QED) is 0.646. The fraction of sp³-hybridized carbons (Fsp3) is 0.176. The van der Waals surface area contributed by atoms with Crippen LogP contribution in [0.15, 0.2) is 61.2 Å². The molecular formula is C17H21NO3. The van der Waals surface area contributed by atoms with E-state index in [1.54, 1.807) is 6.08 Å². The van der Waals surface area contributed by atoms with Gasteiger partial charge in [0.15, 0.2) is 0 Å². The lowest BCUT2D eigenvalue weighted by Gasteiger charge is -2.02. The Labute approximate surface area is 125 Å².